The number of allylic oxidation sites excluding steroid dienone is 18. The molecule has 0 radical (unpaired) electrons. The van der Waals surface area contributed by atoms with Crippen molar-refractivity contribution in [3.05, 3.63) is 109 Å². The molecule has 1 unspecified atom stereocenters. The summed E-state index contributed by atoms with van der Waals surface area (Å²) >= 11 is 0. The van der Waals surface area contributed by atoms with Gasteiger partial charge in [0.2, 0.25) is 0 Å². The zero-order valence-electron chi connectivity index (χ0n) is 40.3. The predicted molar refractivity (Wildman–Crippen MR) is 269 cm³/mol. The van der Waals surface area contributed by atoms with E-state index in [9.17, 15) is 9.59 Å². The molecule has 0 aliphatic heterocycles. The number of unbranched alkanes of at least 4 members (excludes halogenated alkanes) is 16. The van der Waals surface area contributed by atoms with Gasteiger partial charge >= 0.3 is 11.9 Å². The smallest absolute Gasteiger partial charge is 0.306 e. The Morgan fingerprint density at radius 2 is 0.726 bits per heavy atom. The van der Waals surface area contributed by atoms with Crippen LogP contribution < -0.4 is 0 Å². The van der Waals surface area contributed by atoms with Crippen molar-refractivity contribution in [2.24, 2.45) is 0 Å². The molecule has 5 heteroatoms. The molecule has 5 nitrogen and oxygen atoms in total. The molecular formula is C57H94O5. The lowest BCUT2D eigenvalue weighted by Crippen LogP contribution is -2.30. The average molecular weight is 859 g/mol. The van der Waals surface area contributed by atoms with Crippen LogP contribution in [0.3, 0.4) is 0 Å². The molecule has 1 atom stereocenters. The third-order valence-corrected chi connectivity index (χ3v) is 10.3. The van der Waals surface area contributed by atoms with Gasteiger partial charge in [0.15, 0.2) is 6.10 Å². The minimum atomic E-state index is -0.568. The van der Waals surface area contributed by atoms with Crippen molar-refractivity contribution >= 4 is 11.9 Å². The number of ether oxygens (including phenoxy) is 3. The van der Waals surface area contributed by atoms with E-state index in [1.165, 1.54) is 57.8 Å². The number of esters is 2. The third kappa shape index (κ3) is 49.2. The SMILES string of the molecule is CC/C=C\C/C=C\C/C=C\C/C=C\C/C=C\CCCCOCC(COC(=O)CCCCCCCC/C=C\C/C=C\C/C=C\C/C=C\CC)OC(=O)CCCCCCCCCCC. The van der Waals surface area contributed by atoms with E-state index in [2.05, 4.69) is 130 Å². The van der Waals surface area contributed by atoms with Crippen LogP contribution in [0.4, 0.5) is 0 Å². The Kier molecular flexibility index (Phi) is 49.0. The maximum atomic E-state index is 12.7. The fourth-order valence-electron chi connectivity index (χ4n) is 6.58. The van der Waals surface area contributed by atoms with E-state index >= 15 is 0 Å². The quantitative estimate of drug-likeness (QED) is 0.0347. The molecule has 0 spiro atoms. The van der Waals surface area contributed by atoms with E-state index in [0.717, 1.165) is 122 Å². The normalized spacial score (nSPS) is 13.1. The van der Waals surface area contributed by atoms with Crippen LogP contribution in [0.5, 0.6) is 0 Å². The highest BCUT2D eigenvalue weighted by atomic mass is 16.6. The molecule has 0 amide bonds. The molecule has 0 saturated heterocycles. The second-order valence-electron chi connectivity index (χ2n) is 16.3. The summed E-state index contributed by atoms with van der Waals surface area (Å²) in [6.07, 6.45) is 71.0. The fourth-order valence-corrected chi connectivity index (χ4v) is 6.58. The fraction of sp³-hybridized carbons (Fsp3) is 0.649. The molecule has 0 N–H and O–H groups in total. The van der Waals surface area contributed by atoms with Gasteiger partial charge in [0.25, 0.3) is 0 Å². The number of hydrogen-bond acceptors (Lipinski definition) is 5. The van der Waals surface area contributed by atoms with Crippen molar-refractivity contribution in [2.45, 2.75) is 219 Å². The minimum Gasteiger partial charge on any atom is -0.462 e. The molecule has 0 rings (SSSR count). The standard InChI is InChI=1S/C57H94O5/c1-4-7-10-13-16-19-21-23-25-27-29-30-32-34-36-39-41-44-47-50-56(58)61-54-55(62-57(59)51-48-45-42-38-18-15-12-9-6-3)53-60-52-49-46-43-40-37-35-33-31-28-26-24-22-20-17-14-11-8-5-2/h7-8,10-11,16-17,19-20,23-26,29-31,33,37,40,55H,4-6,9,12-15,18,21-22,27-28,32,34-36,38-39,41-54H2,1-3H3/b10-7-,11-8-,19-16-,20-17-,25-23-,26-24-,30-29-,33-31-,40-37-. The highest BCUT2D eigenvalue weighted by molar-refractivity contribution is 5.70. The zero-order chi connectivity index (χ0) is 44.9. The van der Waals surface area contributed by atoms with Crippen LogP contribution in [0, 0.1) is 0 Å². The van der Waals surface area contributed by atoms with Crippen molar-refractivity contribution in [1.82, 2.24) is 0 Å². The Labute approximate surface area is 383 Å². The van der Waals surface area contributed by atoms with Gasteiger partial charge < -0.3 is 14.2 Å². The van der Waals surface area contributed by atoms with Gasteiger partial charge in [0.05, 0.1) is 6.61 Å². The molecule has 0 aromatic rings. The first-order valence-corrected chi connectivity index (χ1v) is 25.4. The second-order valence-corrected chi connectivity index (χ2v) is 16.3. The van der Waals surface area contributed by atoms with Crippen LogP contribution >= 0.6 is 0 Å². The van der Waals surface area contributed by atoms with Crippen molar-refractivity contribution < 1.29 is 23.8 Å². The van der Waals surface area contributed by atoms with Crippen LogP contribution in [0.15, 0.2) is 109 Å². The van der Waals surface area contributed by atoms with Gasteiger partial charge in [-0.2, -0.15) is 0 Å². The number of rotatable bonds is 45. The van der Waals surface area contributed by atoms with E-state index in [1.54, 1.807) is 0 Å². The third-order valence-electron chi connectivity index (χ3n) is 10.3. The van der Waals surface area contributed by atoms with Crippen LogP contribution in [-0.4, -0.2) is 37.9 Å². The number of hydrogen-bond donors (Lipinski definition) is 0. The summed E-state index contributed by atoms with van der Waals surface area (Å²) in [5, 5.41) is 0. The van der Waals surface area contributed by atoms with Crippen molar-refractivity contribution in [1.29, 1.82) is 0 Å². The highest BCUT2D eigenvalue weighted by Gasteiger charge is 2.17. The zero-order valence-corrected chi connectivity index (χ0v) is 40.3. The molecule has 0 fully saturated rings. The van der Waals surface area contributed by atoms with Gasteiger partial charge in [-0.1, -0.05) is 207 Å². The summed E-state index contributed by atoms with van der Waals surface area (Å²) in [4.78, 5) is 25.3. The minimum absolute atomic E-state index is 0.0552. The van der Waals surface area contributed by atoms with Crippen LogP contribution in [0.1, 0.15) is 213 Å². The van der Waals surface area contributed by atoms with Crippen LogP contribution in [0.2, 0.25) is 0 Å². The molecule has 0 aliphatic rings. The average Bonchev–Trinajstić information content (AvgIpc) is 3.27. The van der Waals surface area contributed by atoms with E-state index in [0.29, 0.717) is 19.4 Å². The molecule has 0 aromatic heterocycles. The highest BCUT2D eigenvalue weighted by Crippen LogP contribution is 2.13. The molecule has 352 valence electrons. The lowest BCUT2D eigenvalue weighted by atomic mass is 10.1. The number of carbonyl (C=O) groups is 2. The van der Waals surface area contributed by atoms with Gasteiger partial charge in [-0.15, -0.1) is 0 Å². The molecule has 0 aromatic carbocycles. The molecule has 0 aliphatic carbocycles. The van der Waals surface area contributed by atoms with Crippen molar-refractivity contribution in [3.8, 4) is 0 Å². The van der Waals surface area contributed by atoms with Gasteiger partial charge in [-0.05, 0) is 103 Å². The Balaban J connectivity index is 4.31. The Morgan fingerprint density at radius 3 is 1.16 bits per heavy atom. The van der Waals surface area contributed by atoms with Gasteiger partial charge in [0.1, 0.15) is 6.61 Å². The Hall–Kier alpha value is -3.44. The molecule has 62 heavy (non-hydrogen) atoms. The van der Waals surface area contributed by atoms with Gasteiger partial charge in [-0.25, -0.2) is 0 Å². The van der Waals surface area contributed by atoms with E-state index in [1.807, 2.05) is 0 Å². The molecule has 0 heterocycles. The second kappa shape index (κ2) is 51.9. The first-order valence-electron chi connectivity index (χ1n) is 25.4. The summed E-state index contributed by atoms with van der Waals surface area (Å²) in [6.45, 7) is 7.46. The Morgan fingerprint density at radius 1 is 0.371 bits per heavy atom. The van der Waals surface area contributed by atoms with E-state index in [4.69, 9.17) is 14.2 Å². The molecule has 0 saturated carbocycles. The lowest BCUT2D eigenvalue weighted by Gasteiger charge is -2.18. The maximum absolute atomic E-state index is 12.7. The van der Waals surface area contributed by atoms with Crippen molar-refractivity contribution in [2.75, 3.05) is 19.8 Å². The first-order chi connectivity index (χ1) is 30.6. The van der Waals surface area contributed by atoms with E-state index in [-0.39, 0.29) is 25.2 Å². The maximum Gasteiger partial charge on any atom is 0.306 e. The Bertz CT molecular complexity index is 1250. The lowest BCUT2D eigenvalue weighted by molar-refractivity contribution is -0.163. The summed E-state index contributed by atoms with van der Waals surface area (Å²) in [5.74, 6) is -0.445. The summed E-state index contributed by atoms with van der Waals surface area (Å²) in [6, 6.07) is 0. The largest absolute Gasteiger partial charge is 0.462 e. The van der Waals surface area contributed by atoms with Gasteiger partial charge in [0, 0.05) is 19.4 Å². The van der Waals surface area contributed by atoms with Crippen LogP contribution in [-0.2, 0) is 23.8 Å². The summed E-state index contributed by atoms with van der Waals surface area (Å²) in [7, 11) is 0. The van der Waals surface area contributed by atoms with Gasteiger partial charge in [-0.3, -0.25) is 9.59 Å². The summed E-state index contributed by atoms with van der Waals surface area (Å²) in [5.41, 5.74) is 0. The monoisotopic (exact) mass is 859 g/mol. The summed E-state index contributed by atoms with van der Waals surface area (Å²) < 4.78 is 17.3. The predicted octanol–water partition coefficient (Wildman–Crippen LogP) is 17.2. The molecular weight excluding hydrogens is 765 g/mol. The van der Waals surface area contributed by atoms with Crippen LogP contribution in [0.25, 0.3) is 0 Å². The first kappa shape index (κ1) is 58.6. The molecule has 0 bridgehead atoms. The number of carbonyl (C=O) groups excluding carboxylic acids is 2. The van der Waals surface area contributed by atoms with Crippen molar-refractivity contribution in [3.63, 3.8) is 0 Å². The van der Waals surface area contributed by atoms with E-state index < -0.39 is 6.10 Å². The topological polar surface area (TPSA) is 61.8 Å².